The van der Waals surface area contributed by atoms with Gasteiger partial charge < -0.3 is 10.1 Å². The number of fused-ring (bicyclic) bond motifs is 1. The molecule has 0 amide bonds. The zero-order chi connectivity index (χ0) is 22.2. The van der Waals surface area contributed by atoms with E-state index < -0.39 is 17.3 Å². The van der Waals surface area contributed by atoms with Gasteiger partial charge in [-0.2, -0.15) is 13.2 Å². The molecule has 0 atom stereocenters. The Labute approximate surface area is 177 Å². The minimum absolute atomic E-state index is 0.259. The van der Waals surface area contributed by atoms with Crippen molar-refractivity contribution in [2.24, 2.45) is 0 Å². The van der Waals surface area contributed by atoms with Crippen LogP contribution in [0.25, 0.3) is 22.2 Å². The van der Waals surface area contributed by atoms with Crippen LogP contribution in [0, 0.1) is 11.8 Å². The van der Waals surface area contributed by atoms with Crippen molar-refractivity contribution in [3.05, 3.63) is 89.2 Å². The van der Waals surface area contributed by atoms with Gasteiger partial charge in [0.2, 0.25) is 0 Å². The third-order valence-corrected chi connectivity index (χ3v) is 4.90. The van der Waals surface area contributed by atoms with E-state index in [0.29, 0.717) is 11.3 Å². The first kappa shape index (κ1) is 20.7. The molecule has 0 saturated heterocycles. The van der Waals surface area contributed by atoms with Crippen molar-refractivity contribution in [3.63, 3.8) is 0 Å². The van der Waals surface area contributed by atoms with E-state index in [2.05, 4.69) is 21.8 Å². The monoisotopic (exact) mass is 420 g/mol. The van der Waals surface area contributed by atoms with Crippen molar-refractivity contribution >= 4 is 11.0 Å². The van der Waals surface area contributed by atoms with Crippen LogP contribution in [0.1, 0.15) is 36.4 Å². The lowest BCUT2D eigenvalue weighted by atomic mass is 9.89. The molecule has 4 rings (SSSR count). The first-order chi connectivity index (χ1) is 14.6. The standard InChI is InChI=1S/C25H19F3N2O/c1-24(2,31)20-9-4-3-8-19(20)17-11-12-21-22(15-17)30-23(29-21)13-10-16-6-5-7-18(14-16)25(26,27)28/h3-9,11-12,14-15,31H,1-2H3,(H,29,30). The molecule has 0 aliphatic carbocycles. The molecule has 0 unspecified atom stereocenters. The highest BCUT2D eigenvalue weighted by atomic mass is 19.4. The van der Waals surface area contributed by atoms with Crippen LogP contribution < -0.4 is 0 Å². The van der Waals surface area contributed by atoms with Crippen LogP contribution in [-0.4, -0.2) is 15.1 Å². The molecule has 0 aliphatic rings. The Hall–Kier alpha value is -3.56. The molecule has 0 saturated carbocycles. The van der Waals surface area contributed by atoms with E-state index in [1.54, 1.807) is 13.8 Å². The molecule has 3 nitrogen and oxygen atoms in total. The van der Waals surface area contributed by atoms with Crippen LogP contribution in [0.5, 0.6) is 0 Å². The fourth-order valence-corrected chi connectivity index (χ4v) is 3.41. The van der Waals surface area contributed by atoms with E-state index in [4.69, 9.17) is 0 Å². The van der Waals surface area contributed by atoms with Crippen LogP contribution >= 0.6 is 0 Å². The maximum atomic E-state index is 12.9. The summed E-state index contributed by atoms with van der Waals surface area (Å²) in [6.07, 6.45) is -4.41. The van der Waals surface area contributed by atoms with Gasteiger partial charge in [0.05, 0.1) is 22.2 Å². The van der Waals surface area contributed by atoms with Crippen LogP contribution in [0.3, 0.4) is 0 Å². The summed E-state index contributed by atoms with van der Waals surface area (Å²) < 4.78 is 38.6. The summed E-state index contributed by atoms with van der Waals surface area (Å²) in [4.78, 5) is 7.54. The van der Waals surface area contributed by atoms with Crippen molar-refractivity contribution in [2.45, 2.75) is 25.6 Å². The minimum Gasteiger partial charge on any atom is -0.386 e. The van der Waals surface area contributed by atoms with Crippen molar-refractivity contribution < 1.29 is 18.3 Å². The van der Waals surface area contributed by atoms with Gasteiger partial charge in [-0.1, -0.05) is 42.3 Å². The zero-order valence-corrected chi connectivity index (χ0v) is 16.9. The van der Waals surface area contributed by atoms with Crippen LogP contribution in [0.15, 0.2) is 66.7 Å². The first-order valence-corrected chi connectivity index (χ1v) is 9.62. The van der Waals surface area contributed by atoms with Gasteiger partial charge in [0.1, 0.15) is 0 Å². The van der Waals surface area contributed by atoms with Gasteiger partial charge in [-0.05, 0) is 66.8 Å². The molecule has 1 aromatic heterocycles. The summed E-state index contributed by atoms with van der Waals surface area (Å²) >= 11 is 0. The highest BCUT2D eigenvalue weighted by Gasteiger charge is 2.30. The molecule has 0 fully saturated rings. The number of imidazole rings is 1. The Kier molecular flexibility index (Phi) is 5.08. The molecule has 6 heteroatoms. The highest BCUT2D eigenvalue weighted by Crippen LogP contribution is 2.33. The Morgan fingerprint density at radius 2 is 1.68 bits per heavy atom. The molecular weight excluding hydrogens is 401 g/mol. The number of nitrogens with zero attached hydrogens (tertiary/aromatic N) is 1. The van der Waals surface area contributed by atoms with Gasteiger partial charge in [0, 0.05) is 5.56 Å². The van der Waals surface area contributed by atoms with Crippen molar-refractivity contribution in [1.82, 2.24) is 9.97 Å². The average molecular weight is 420 g/mol. The maximum absolute atomic E-state index is 12.9. The van der Waals surface area contributed by atoms with E-state index in [0.717, 1.165) is 34.3 Å². The number of aromatic nitrogens is 2. The number of hydrogen-bond acceptors (Lipinski definition) is 2. The molecule has 0 bridgehead atoms. The number of rotatable bonds is 2. The summed E-state index contributed by atoms with van der Waals surface area (Å²) in [6.45, 7) is 3.47. The van der Waals surface area contributed by atoms with Crippen LogP contribution in [0.2, 0.25) is 0 Å². The Morgan fingerprint density at radius 1 is 0.903 bits per heavy atom. The molecular formula is C25H19F3N2O. The smallest absolute Gasteiger partial charge is 0.386 e. The topological polar surface area (TPSA) is 48.9 Å². The summed E-state index contributed by atoms with van der Waals surface area (Å²) in [7, 11) is 0. The molecule has 0 radical (unpaired) electrons. The van der Waals surface area contributed by atoms with E-state index in [9.17, 15) is 18.3 Å². The molecule has 1 heterocycles. The average Bonchev–Trinajstić information content (AvgIpc) is 3.13. The zero-order valence-electron chi connectivity index (χ0n) is 16.9. The Bertz CT molecular complexity index is 1320. The fraction of sp³-hybridized carbons (Fsp3) is 0.160. The molecule has 156 valence electrons. The van der Waals surface area contributed by atoms with Gasteiger partial charge in [0.15, 0.2) is 5.82 Å². The SMILES string of the molecule is CC(C)(O)c1ccccc1-c1ccc2[nH]c(C#Cc3cccc(C(F)(F)F)c3)nc2c1. The number of aromatic amines is 1. The molecule has 0 spiro atoms. The lowest BCUT2D eigenvalue weighted by Gasteiger charge is -2.21. The normalized spacial score (nSPS) is 11.9. The highest BCUT2D eigenvalue weighted by molar-refractivity contribution is 5.83. The maximum Gasteiger partial charge on any atom is 0.416 e. The van der Waals surface area contributed by atoms with Gasteiger partial charge >= 0.3 is 6.18 Å². The van der Waals surface area contributed by atoms with Crippen molar-refractivity contribution in [2.75, 3.05) is 0 Å². The second-order valence-corrected chi connectivity index (χ2v) is 7.75. The van der Waals surface area contributed by atoms with Crippen LogP contribution in [-0.2, 0) is 11.8 Å². The van der Waals surface area contributed by atoms with Crippen molar-refractivity contribution in [3.8, 4) is 23.0 Å². The van der Waals surface area contributed by atoms with E-state index in [-0.39, 0.29) is 5.56 Å². The number of H-pyrrole nitrogens is 1. The summed E-state index contributed by atoms with van der Waals surface area (Å²) in [5, 5.41) is 10.5. The first-order valence-electron chi connectivity index (χ1n) is 9.62. The summed E-state index contributed by atoms with van der Waals surface area (Å²) in [5.41, 5.74) is 2.56. The van der Waals surface area contributed by atoms with Crippen molar-refractivity contribution in [1.29, 1.82) is 0 Å². The molecule has 3 aromatic carbocycles. The second-order valence-electron chi connectivity index (χ2n) is 7.75. The quantitative estimate of drug-likeness (QED) is 0.398. The van der Waals surface area contributed by atoms with Gasteiger partial charge in [-0.15, -0.1) is 0 Å². The van der Waals surface area contributed by atoms with Crippen LogP contribution in [0.4, 0.5) is 13.2 Å². The predicted octanol–water partition coefficient (Wildman–Crippen LogP) is 5.88. The number of benzene rings is 3. The van der Waals surface area contributed by atoms with Gasteiger partial charge in [0.25, 0.3) is 0 Å². The summed E-state index contributed by atoms with van der Waals surface area (Å²) in [6, 6.07) is 18.2. The van der Waals surface area contributed by atoms with Gasteiger partial charge in [-0.3, -0.25) is 0 Å². The Morgan fingerprint density at radius 3 is 2.42 bits per heavy atom. The second kappa shape index (κ2) is 7.60. The lowest BCUT2D eigenvalue weighted by Crippen LogP contribution is -2.16. The van der Waals surface area contributed by atoms with E-state index in [1.165, 1.54) is 12.1 Å². The molecule has 2 N–H and O–H groups in total. The number of nitrogens with one attached hydrogen (secondary N) is 1. The van der Waals surface area contributed by atoms with E-state index in [1.807, 2.05) is 42.5 Å². The minimum atomic E-state index is -4.41. The molecule has 0 aliphatic heterocycles. The van der Waals surface area contributed by atoms with Gasteiger partial charge in [-0.25, -0.2) is 4.98 Å². The number of alkyl halides is 3. The predicted molar refractivity (Wildman–Crippen MR) is 114 cm³/mol. The lowest BCUT2D eigenvalue weighted by molar-refractivity contribution is -0.137. The molecule has 4 aromatic rings. The molecule has 31 heavy (non-hydrogen) atoms. The number of hydrogen-bond donors (Lipinski definition) is 2. The fourth-order valence-electron chi connectivity index (χ4n) is 3.41. The number of aliphatic hydroxyl groups is 1. The number of halogens is 3. The third-order valence-electron chi connectivity index (χ3n) is 4.90. The Balaban J connectivity index is 1.69. The third kappa shape index (κ3) is 4.47. The van der Waals surface area contributed by atoms with E-state index >= 15 is 0 Å². The summed E-state index contributed by atoms with van der Waals surface area (Å²) in [5.74, 6) is 5.89. The largest absolute Gasteiger partial charge is 0.416 e.